The summed E-state index contributed by atoms with van der Waals surface area (Å²) in [5, 5.41) is 16.4. The molecule has 0 spiro atoms. The lowest BCUT2D eigenvalue weighted by molar-refractivity contribution is -0.144. The quantitative estimate of drug-likeness (QED) is 0.206. The van der Waals surface area contributed by atoms with Crippen LogP contribution < -0.4 is 16.4 Å². The van der Waals surface area contributed by atoms with Gasteiger partial charge in [-0.3, -0.25) is 14.4 Å². The SMILES string of the molecule is Cc1ncsc1-c1ccc(C(C)NC(=O)[C@@H]2C[C@@H](O)CN2C(=O)C(NC(=O)CCCCCCCCOC(N)=O)C(C)(C)C)cc1. The van der Waals surface area contributed by atoms with Crippen molar-refractivity contribution in [2.75, 3.05) is 13.2 Å². The molecule has 45 heavy (non-hydrogen) atoms. The molecule has 12 heteroatoms. The summed E-state index contributed by atoms with van der Waals surface area (Å²) in [7, 11) is 0. The molecule has 0 radical (unpaired) electrons. The monoisotopic (exact) mass is 643 g/mol. The van der Waals surface area contributed by atoms with Gasteiger partial charge in [-0.15, -0.1) is 11.3 Å². The molecular formula is C33H49N5O6S. The van der Waals surface area contributed by atoms with E-state index in [4.69, 9.17) is 10.5 Å². The van der Waals surface area contributed by atoms with Crippen LogP contribution in [0.4, 0.5) is 4.79 Å². The van der Waals surface area contributed by atoms with Crippen molar-refractivity contribution < 1.29 is 29.0 Å². The maximum absolute atomic E-state index is 13.8. The van der Waals surface area contributed by atoms with Gasteiger partial charge in [0.1, 0.15) is 12.1 Å². The van der Waals surface area contributed by atoms with Gasteiger partial charge in [-0.25, -0.2) is 9.78 Å². The predicted octanol–water partition coefficient (Wildman–Crippen LogP) is 4.61. The number of aromatic nitrogens is 1. The first-order valence-electron chi connectivity index (χ1n) is 15.8. The smallest absolute Gasteiger partial charge is 0.404 e. The molecule has 11 nitrogen and oxygen atoms in total. The van der Waals surface area contributed by atoms with E-state index in [0.29, 0.717) is 13.0 Å². The Kier molecular flexibility index (Phi) is 13.3. The minimum atomic E-state index is -0.851. The first-order valence-corrected chi connectivity index (χ1v) is 16.7. The number of amides is 4. The standard InChI is InChI=1S/C33H49N5O6S/c1-21(23-13-15-24(16-14-23)28-22(2)35-20-45-28)36-30(41)26-18-25(39)19-38(26)31(42)29(33(3,4)5)37-27(40)12-10-8-6-7-9-11-17-44-32(34)43/h13-16,20-21,25-26,29,39H,6-12,17-19H2,1-5H3,(H2,34,43)(H,36,41)(H,37,40)/t21?,25-,26+,29?/m1/s1. The summed E-state index contributed by atoms with van der Waals surface area (Å²) < 4.78 is 4.72. The molecule has 4 atom stereocenters. The van der Waals surface area contributed by atoms with Gasteiger partial charge in [-0.05, 0) is 43.2 Å². The van der Waals surface area contributed by atoms with Gasteiger partial charge in [-0.2, -0.15) is 0 Å². The van der Waals surface area contributed by atoms with E-state index in [-0.39, 0.29) is 43.1 Å². The van der Waals surface area contributed by atoms with Gasteiger partial charge in [0.25, 0.3) is 0 Å². The number of aliphatic hydroxyl groups excluding tert-OH is 1. The fourth-order valence-corrected chi connectivity index (χ4v) is 6.33. The molecule has 2 unspecified atom stereocenters. The van der Waals surface area contributed by atoms with Crippen molar-refractivity contribution in [1.29, 1.82) is 0 Å². The summed E-state index contributed by atoms with van der Waals surface area (Å²) in [5.74, 6) is -0.929. The van der Waals surface area contributed by atoms with Crippen LogP contribution in [-0.2, 0) is 19.1 Å². The lowest BCUT2D eigenvalue weighted by atomic mass is 9.85. The summed E-state index contributed by atoms with van der Waals surface area (Å²) in [6, 6.07) is 5.95. The van der Waals surface area contributed by atoms with E-state index in [1.54, 1.807) is 11.3 Å². The number of carbonyl (C=O) groups excluding carboxylic acids is 4. The normalized spacial score (nSPS) is 17.9. The van der Waals surface area contributed by atoms with E-state index in [1.807, 2.05) is 64.4 Å². The van der Waals surface area contributed by atoms with Crippen LogP contribution in [-0.4, -0.2) is 70.1 Å². The van der Waals surface area contributed by atoms with E-state index >= 15 is 0 Å². The lowest BCUT2D eigenvalue weighted by Gasteiger charge is -2.35. The average Bonchev–Trinajstić information content (AvgIpc) is 3.59. The number of β-amino-alcohol motifs (C(OH)–C–C–N with tert-alkyl or cyclic N) is 1. The number of nitrogens with one attached hydrogen (secondary N) is 2. The Labute approximate surface area is 270 Å². The van der Waals surface area contributed by atoms with Crippen molar-refractivity contribution in [3.8, 4) is 10.4 Å². The van der Waals surface area contributed by atoms with Crippen molar-refractivity contribution >= 4 is 35.2 Å². The number of primary amides is 1. The Balaban J connectivity index is 1.54. The summed E-state index contributed by atoms with van der Waals surface area (Å²) >= 11 is 1.58. The number of rotatable bonds is 15. The zero-order valence-corrected chi connectivity index (χ0v) is 28.0. The van der Waals surface area contributed by atoms with Crippen molar-refractivity contribution in [1.82, 2.24) is 20.5 Å². The minimum Gasteiger partial charge on any atom is -0.450 e. The highest BCUT2D eigenvalue weighted by Gasteiger charge is 2.44. The van der Waals surface area contributed by atoms with E-state index in [1.165, 1.54) is 4.90 Å². The maximum Gasteiger partial charge on any atom is 0.404 e. The molecule has 248 valence electrons. The Bertz CT molecular complexity index is 1290. The van der Waals surface area contributed by atoms with Gasteiger partial charge in [0.2, 0.25) is 17.7 Å². The van der Waals surface area contributed by atoms with Crippen LogP contribution in [0.5, 0.6) is 0 Å². The zero-order valence-electron chi connectivity index (χ0n) is 27.1. The van der Waals surface area contributed by atoms with Crippen LogP contribution in [0.3, 0.4) is 0 Å². The van der Waals surface area contributed by atoms with Crippen molar-refractivity contribution in [2.24, 2.45) is 11.1 Å². The van der Waals surface area contributed by atoms with Crippen LogP contribution >= 0.6 is 11.3 Å². The number of aryl methyl sites for hydroxylation is 1. The second-order valence-corrected chi connectivity index (χ2v) is 13.8. The van der Waals surface area contributed by atoms with Crippen LogP contribution in [0.15, 0.2) is 29.8 Å². The maximum atomic E-state index is 13.8. The van der Waals surface area contributed by atoms with E-state index < -0.39 is 29.7 Å². The Hall–Kier alpha value is -3.51. The number of carbonyl (C=O) groups is 4. The van der Waals surface area contributed by atoms with E-state index in [9.17, 15) is 24.3 Å². The third-order valence-electron chi connectivity index (χ3n) is 8.10. The first kappa shape index (κ1) is 36.0. The van der Waals surface area contributed by atoms with Crippen LogP contribution in [0, 0.1) is 12.3 Å². The highest BCUT2D eigenvalue weighted by molar-refractivity contribution is 7.13. The number of unbranched alkanes of at least 4 members (excludes halogenated alkanes) is 5. The number of thiazole rings is 1. The number of nitrogens with two attached hydrogens (primary N) is 1. The number of benzene rings is 1. The first-order chi connectivity index (χ1) is 21.3. The highest BCUT2D eigenvalue weighted by atomic mass is 32.1. The van der Waals surface area contributed by atoms with Gasteiger partial charge < -0.3 is 31.1 Å². The molecule has 1 aliphatic rings. The van der Waals surface area contributed by atoms with Crippen LogP contribution in [0.1, 0.15) is 96.4 Å². The topological polar surface area (TPSA) is 164 Å². The Morgan fingerprint density at radius 3 is 2.31 bits per heavy atom. The average molecular weight is 644 g/mol. The molecule has 1 aromatic heterocycles. The molecular weight excluding hydrogens is 594 g/mol. The Morgan fingerprint density at radius 1 is 1.07 bits per heavy atom. The molecule has 1 aliphatic heterocycles. The molecule has 2 heterocycles. The summed E-state index contributed by atoms with van der Waals surface area (Å²) in [6.45, 7) is 9.83. The van der Waals surface area contributed by atoms with Crippen molar-refractivity contribution in [3.63, 3.8) is 0 Å². The molecule has 1 aromatic carbocycles. The zero-order chi connectivity index (χ0) is 33.1. The third kappa shape index (κ3) is 10.8. The van der Waals surface area contributed by atoms with Crippen LogP contribution in [0.2, 0.25) is 0 Å². The molecule has 1 fully saturated rings. The van der Waals surface area contributed by atoms with Crippen molar-refractivity contribution in [3.05, 3.63) is 41.0 Å². The highest BCUT2D eigenvalue weighted by Crippen LogP contribution is 2.29. The van der Waals surface area contributed by atoms with E-state index in [0.717, 1.165) is 53.8 Å². The molecule has 0 bridgehead atoms. The second-order valence-electron chi connectivity index (χ2n) is 12.9. The fourth-order valence-electron chi connectivity index (χ4n) is 5.52. The molecule has 5 N–H and O–H groups in total. The molecule has 2 aromatic rings. The van der Waals surface area contributed by atoms with Gasteiger partial charge in [0.15, 0.2) is 0 Å². The van der Waals surface area contributed by atoms with Gasteiger partial charge in [-0.1, -0.05) is 70.7 Å². The molecule has 0 aliphatic carbocycles. The van der Waals surface area contributed by atoms with Crippen LogP contribution in [0.25, 0.3) is 10.4 Å². The second kappa shape index (κ2) is 16.7. The lowest BCUT2D eigenvalue weighted by Crippen LogP contribution is -2.57. The van der Waals surface area contributed by atoms with Gasteiger partial charge >= 0.3 is 6.09 Å². The molecule has 4 amide bonds. The van der Waals surface area contributed by atoms with Crippen molar-refractivity contribution in [2.45, 2.75) is 110 Å². The number of nitrogens with zero attached hydrogens (tertiary/aromatic N) is 2. The summed E-state index contributed by atoms with van der Waals surface area (Å²) in [4.78, 5) is 57.6. The summed E-state index contributed by atoms with van der Waals surface area (Å²) in [6.07, 6.45) is 3.95. The minimum absolute atomic E-state index is 0.0289. The predicted molar refractivity (Wildman–Crippen MR) is 174 cm³/mol. The molecule has 0 saturated carbocycles. The molecule has 3 rings (SSSR count). The number of hydrogen-bond donors (Lipinski definition) is 4. The largest absolute Gasteiger partial charge is 0.450 e. The number of likely N-dealkylation sites (tertiary alicyclic amines) is 1. The summed E-state index contributed by atoms with van der Waals surface area (Å²) in [5.41, 5.74) is 9.11. The molecule has 1 saturated heterocycles. The Morgan fingerprint density at radius 2 is 1.71 bits per heavy atom. The number of hydrogen-bond acceptors (Lipinski definition) is 8. The van der Waals surface area contributed by atoms with Gasteiger partial charge in [0, 0.05) is 19.4 Å². The number of ether oxygens (including phenoxy) is 1. The van der Waals surface area contributed by atoms with Gasteiger partial charge in [0.05, 0.1) is 34.8 Å². The number of aliphatic hydroxyl groups is 1. The fraction of sp³-hybridized carbons (Fsp3) is 0.606. The van der Waals surface area contributed by atoms with E-state index in [2.05, 4.69) is 15.6 Å². The third-order valence-corrected chi connectivity index (χ3v) is 9.08.